The van der Waals surface area contributed by atoms with Crippen molar-refractivity contribution in [3.05, 3.63) is 54.1 Å². The average Bonchev–Trinajstić information content (AvgIpc) is 3.01. The first-order chi connectivity index (χ1) is 11.4. The Kier molecular flexibility index (Phi) is 3.85. The summed E-state index contributed by atoms with van der Waals surface area (Å²) in [6, 6.07) is 4.78. The predicted octanol–water partition coefficient (Wildman–Crippen LogP) is 3.33. The van der Waals surface area contributed by atoms with Gasteiger partial charge in [0.1, 0.15) is 5.69 Å². The van der Waals surface area contributed by atoms with E-state index in [4.69, 9.17) is 5.26 Å². The number of halogens is 3. The monoisotopic (exact) mass is 331 g/mol. The summed E-state index contributed by atoms with van der Waals surface area (Å²) in [4.78, 5) is 10.1. The summed E-state index contributed by atoms with van der Waals surface area (Å²) in [7, 11) is 1.62. The van der Waals surface area contributed by atoms with Gasteiger partial charge in [-0.05, 0) is 12.1 Å². The van der Waals surface area contributed by atoms with E-state index in [0.717, 1.165) is 12.1 Å². The second-order valence-corrected chi connectivity index (χ2v) is 5.27. The summed E-state index contributed by atoms with van der Waals surface area (Å²) in [5.41, 5.74) is 1.43. The highest BCUT2D eigenvalue weighted by molar-refractivity contribution is 5.74. The molecule has 2 aromatic heterocycles. The van der Waals surface area contributed by atoms with Gasteiger partial charge in [0.25, 0.3) is 0 Å². The number of nitriles is 1. The van der Waals surface area contributed by atoms with Gasteiger partial charge in [-0.3, -0.25) is 0 Å². The molecule has 3 aromatic rings. The van der Waals surface area contributed by atoms with Crippen molar-refractivity contribution < 1.29 is 13.2 Å². The Morgan fingerprint density at radius 2 is 1.96 bits per heavy atom. The van der Waals surface area contributed by atoms with Gasteiger partial charge >= 0.3 is 6.18 Å². The molecule has 0 N–H and O–H groups in total. The minimum Gasteiger partial charge on any atom is -0.308 e. The number of rotatable bonds is 3. The molecule has 5 nitrogen and oxygen atoms in total. The van der Waals surface area contributed by atoms with Crippen molar-refractivity contribution in [2.45, 2.75) is 12.7 Å². The normalized spacial score (nSPS) is 11.5. The molecule has 24 heavy (non-hydrogen) atoms. The van der Waals surface area contributed by atoms with Gasteiger partial charge in [-0.25, -0.2) is 9.97 Å². The van der Waals surface area contributed by atoms with Crippen LogP contribution in [0.4, 0.5) is 13.2 Å². The van der Waals surface area contributed by atoms with Gasteiger partial charge in [0.2, 0.25) is 0 Å². The van der Waals surface area contributed by atoms with Crippen LogP contribution in [-0.2, 0) is 12.7 Å². The lowest BCUT2D eigenvalue weighted by Gasteiger charge is -2.12. The summed E-state index contributed by atoms with van der Waals surface area (Å²) < 4.78 is 39.8. The number of hydrogen-bond acceptors (Lipinski definition) is 4. The second-order valence-electron chi connectivity index (χ2n) is 5.27. The summed E-state index contributed by atoms with van der Waals surface area (Å²) in [6.07, 6.45) is 2.65. The average molecular weight is 331 g/mol. The Hall–Kier alpha value is -3.08. The Morgan fingerprint density at radius 3 is 2.58 bits per heavy atom. The molecule has 0 unspecified atom stereocenters. The molecule has 3 rings (SSSR count). The summed E-state index contributed by atoms with van der Waals surface area (Å²) in [5.74, 6) is 0. The van der Waals surface area contributed by atoms with Gasteiger partial charge in [-0.15, -0.1) is 0 Å². The number of nitrogens with zero attached hydrogens (tertiary/aromatic N) is 5. The SMILES string of the molecule is CN(C#N)Cc1cn2ccnc2c(-c2ccc(C(F)(F)F)cc2)n1. The van der Waals surface area contributed by atoms with Crippen LogP contribution in [0.15, 0.2) is 42.9 Å². The molecule has 0 aliphatic heterocycles. The van der Waals surface area contributed by atoms with E-state index in [-0.39, 0.29) is 6.54 Å². The fourth-order valence-corrected chi connectivity index (χ4v) is 2.35. The minimum absolute atomic E-state index is 0.290. The third-order valence-electron chi connectivity index (χ3n) is 3.48. The van der Waals surface area contributed by atoms with Gasteiger partial charge in [-0.1, -0.05) is 12.1 Å². The number of fused-ring (bicyclic) bond motifs is 1. The topological polar surface area (TPSA) is 57.2 Å². The van der Waals surface area contributed by atoms with Gasteiger partial charge in [0.15, 0.2) is 11.8 Å². The van der Waals surface area contributed by atoms with Crippen molar-refractivity contribution in [3.63, 3.8) is 0 Å². The van der Waals surface area contributed by atoms with Gasteiger partial charge in [-0.2, -0.15) is 18.4 Å². The Morgan fingerprint density at radius 1 is 1.25 bits per heavy atom. The third kappa shape index (κ3) is 3.01. The Labute approximate surface area is 135 Å². The van der Waals surface area contributed by atoms with Gasteiger partial charge < -0.3 is 9.30 Å². The molecule has 0 radical (unpaired) electrons. The molecule has 2 heterocycles. The highest BCUT2D eigenvalue weighted by atomic mass is 19.4. The molecule has 0 spiro atoms. The van der Waals surface area contributed by atoms with E-state index in [9.17, 15) is 13.2 Å². The molecule has 0 fully saturated rings. The van der Waals surface area contributed by atoms with Crippen LogP contribution in [-0.4, -0.2) is 26.3 Å². The lowest BCUT2D eigenvalue weighted by molar-refractivity contribution is -0.137. The molecular weight excluding hydrogens is 319 g/mol. The van der Waals surface area contributed by atoms with Crippen LogP contribution in [0.25, 0.3) is 16.9 Å². The maximum absolute atomic E-state index is 12.7. The van der Waals surface area contributed by atoms with Crippen molar-refractivity contribution in [1.29, 1.82) is 5.26 Å². The molecule has 1 aromatic carbocycles. The van der Waals surface area contributed by atoms with E-state index in [1.54, 1.807) is 30.0 Å². The second kappa shape index (κ2) is 5.85. The molecule has 122 valence electrons. The minimum atomic E-state index is -4.38. The Bertz CT molecular complexity index is 906. The van der Waals surface area contributed by atoms with Crippen LogP contribution in [0.5, 0.6) is 0 Å². The molecule has 0 aliphatic rings. The highest BCUT2D eigenvalue weighted by Crippen LogP contribution is 2.31. The summed E-state index contributed by atoms with van der Waals surface area (Å²) >= 11 is 0. The standard InChI is InChI=1S/C16H12F3N5/c1-23(10-20)8-13-9-24-7-6-21-15(24)14(22-13)11-2-4-12(5-3-11)16(17,18)19/h2-7,9H,8H2,1H3. The quantitative estimate of drug-likeness (QED) is 0.546. The first-order valence-corrected chi connectivity index (χ1v) is 6.99. The zero-order valence-corrected chi connectivity index (χ0v) is 12.6. The van der Waals surface area contributed by atoms with E-state index in [1.807, 2.05) is 6.19 Å². The van der Waals surface area contributed by atoms with Crippen LogP contribution in [0.2, 0.25) is 0 Å². The van der Waals surface area contributed by atoms with E-state index in [1.165, 1.54) is 17.0 Å². The molecule has 0 saturated heterocycles. The molecule has 0 amide bonds. The van der Waals surface area contributed by atoms with Gasteiger partial charge in [0, 0.05) is 31.2 Å². The zero-order chi connectivity index (χ0) is 17.3. The number of benzene rings is 1. The molecule has 0 bridgehead atoms. The van der Waals surface area contributed by atoms with Crippen molar-refractivity contribution >= 4 is 5.65 Å². The number of aromatic nitrogens is 3. The van der Waals surface area contributed by atoms with Crippen molar-refractivity contribution in [1.82, 2.24) is 19.3 Å². The van der Waals surface area contributed by atoms with Crippen molar-refractivity contribution in [2.24, 2.45) is 0 Å². The van der Waals surface area contributed by atoms with Crippen molar-refractivity contribution in [3.8, 4) is 17.5 Å². The van der Waals surface area contributed by atoms with Crippen LogP contribution in [0.1, 0.15) is 11.3 Å². The van der Waals surface area contributed by atoms with E-state index in [2.05, 4.69) is 9.97 Å². The zero-order valence-electron chi connectivity index (χ0n) is 12.6. The Balaban J connectivity index is 2.08. The van der Waals surface area contributed by atoms with Gasteiger partial charge in [0.05, 0.1) is 17.8 Å². The number of hydrogen-bond donors (Lipinski definition) is 0. The first kappa shape index (κ1) is 15.8. The number of alkyl halides is 3. The molecule has 0 saturated carbocycles. The van der Waals surface area contributed by atoms with Crippen LogP contribution >= 0.6 is 0 Å². The summed E-state index contributed by atoms with van der Waals surface area (Å²) in [5, 5.41) is 8.88. The van der Waals surface area contributed by atoms with E-state index < -0.39 is 11.7 Å². The maximum atomic E-state index is 12.7. The van der Waals surface area contributed by atoms with Crippen LogP contribution in [0, 0.1) is 11.5 Å². The predicted molar refractivity (Wildman–Crippen MR) is 80.5 cm³/mol. The van der Waals surface area contributed by atoms with Crippen LogP contribution < -0.4 is 0 Å². The molecule has 0 atom stereocenters. The first-order valence-electron chi connectivity index (χ1n) is 6.99. The smallest absolute Gasteiger partial charge is 0.308 e. The lowest BCUT2D eigenvalue weighted by Crippen LogP contribution is -2.12. The lowest BCUT2D eigenvalue weighted by atomic mass is 10.1. The van der Waals surface area contributed by atoms with E-state index >= 15 is 0 Å². The highest BCUT2D eigenvalue weighted by Gasteiger charge is 2.30. The maximum Gasteiger partial charge on any atom is 0.416 e. The summed E-state index contributed by atoms with van der Waals surface area (Å²) in [6.45, 7) is 0.290. The van der Waals surface area contributed by atoms with Crippen LogP contribution in [0.3, 0.4) is 0 Å². The largest absolute Gasteiger partial charge is 0.416 e. The van der Waals surface area contributed by atoms with Crippen molar-refractivity contribution in [2.75, 3.05) is 7.05 Å². The third-order valence-corrected chi connectivity index (χ3v) is 3.48. The molecule has 8 heteroatoms. The molecule has 0 aliphatic carbocycles. The fourth-order valence-electron chi connectivity index (χ4n) is 2.35. The van der Waals surface area contributed by atoms with E-state index in [0.29, 0.717) is 22.6 Å². The number of imidazole rings is 1. The molecular formula is C16H12F3N5. The fraction of sp³-hybridized carbons (Fsp3) is 0.188.